The second-order valence-corrected chi connectivity index (χ2v) is 5.95. The number of rotatable bonds is 8. The molecule has 0 aliphatic heterocycles. The van der Waals surface area contributed by atoms with Crippen molar-refractivity contribution < 1.29 is 14.3 Å². The number of amides is 1. The molecule has 128 valence electrons. The monoisotopic (exact) mass is 347 g/mol. The van der Waals surface area contributed by atoms with Gasteiger partial charge in [0.2, 0.25) is 5.91 Å². The maximum absolute atomic E-state index is 12.0. The fourth-order valence-corrected chi connectivity index (χ4v) is 2.46. The quantitative estimate of drug-likeness (QED) is 0.788. The molecule has 2 aromatic carbocycles. The van der Waals surface area contributed by atoms with E-state index in [0.717, 1.165) is 17.1 Å². The minimum absolute atomic E-state index is 0.0132. The van der Waals surface area contributed by atoms with Gasteiger partial charge in [-0.2, -0.15) is 0 Å². The number of benzene rings is 2. The molecule has 24 heavy (non-hydrogen) atoms. The van der Waals surface area contributed by atoms with Crippen LogP contribution >= 0.6 is 11.6 Å². The molecule has 0 saturated heterocycles. The average molecular weight is 348 g/mol. The number of methoxy groups -OCH3 is 1. The number of hydrogen-bond acceptors (Lipinski definition) is 3. The molecule has 1 atom stereocenters. The van der Waals surface area contributed by atoms with Crippen LogP contribution in [0.25, 0.3) is 0 Å². The van der Waals surface area contributed by atoms with Gasteiger partial charge in [0.25, 0.3) is 0 Å². The van der Waals surface area contributed by atoms with Gasteiger partial charge in [0.05, 0.1) is 13.2 Å². The minimum Gasteiger partial charge on any atom is -0.497 e. The van der Waals surface area contributed by atoms with E-state index in [1.807, 2.05) is 55.5 Å². The predicted molar refractivity (Wildman–Crippen MR) is 95.9 cm³/mol. The zero-order valence-electron chi connectivity index (χ0n) is 13.9. The first-order chi connectivity index (χ1) is 11.6. The van der Waals surface area contributed by atoms with E-state index in [1.165, 1.54) is 0 Å². The molecule has 0 aliphatic rings. The Morgan fingerprint density at radius 2 is 1.79 bits per heavy atom. The molecule has 0 aliphatic carbocycles. The number of halogens is 1. The zero-order chi connectivity index (χ0) is 17.4. The number of aryl methyl sites for hydroxylation is 1. The van der Waals surface area contributed by atoms with Crippen LogP contribution in [0, 0.1) is 0 Å². The lowest BCUT2D eigenvalue weighted by molar-refractivity contribution is -0.121. The highest BCUT2D eigenvalue weighted by Gasteiger charge is 2.09. The molecule has 0 heterocycles. The minimum atomic E-state index is -0.0779. The van der Waals surface area contributed by atoms with Gasteiger partial charge in [-0.05, 0) is 49.2 Å². The Morgan fingerprint density at radius 1 is 1.12 bits per heavy atom. The lowest BCUT2D eigenvalue weighted by Crippen LogP contribution is -2.36. The van der Waals surface area contributed by atoms with Crippen molar-refractivity contribution in [3.63, 3.8) is 0 Å². The van der Waals surface area contributed by atoms with Crippen molar-refractivity contribution in [2.24, 2.45) is 0 Å². The van der Waals surface area contributed by atoms with Crippen LogP contribution in [0.4, 0.5) is 0 Å². The van der Waals surface area contributed by atoms with Crippen molar-refractivity contribution in [3.05, 3.63) is 59.1 Å². The lowest BCUT2D eigenvalue weighted by atomic mass is 10.1. The largest absolute Gasteiger partial charge is 0.497 e. The van der Waals surface area contributed by atoms with Crippen molar-refractivity contribution in [3.8, 4) is 11.5 Å². The van der Waals surface area contributed by atoms with Gasteiger partial charge in [0.1, 0.15) is 18.1 Å². The molecule has 0 fully saturated rings. The van der Waals surface area contributed by atoms with Crippen molar-refractivity contribution in [1.82, 2.24) is 5.32 Å². The Bertz CT molecular complexity index is 658. The normalized spacial score (nSPS) is 11.6. The smallest absolute Gasteiger partial charge is 0.220 e. The highest BCUT2D eigenvalue weighted by molar-refractivity contribution is 6.31. The first-order valence-corrected chi connectivity index (χ1v) is 8.26. The summed E-state index contributed by atoms with van der Waals surface area (Å²) < 4.78 is 10.8. The highest BCUT2D eigenvalue weighted by Crippen LogP contribution is 2.17. The first kappa shape index (κ1) is 18.1. The average Bonchev–Trinajstić information content (AvgIpc) is 2.59. The van der Waals surface area contributed by atoms with E-state index in [-0.39, 0.29) is 11.9 Å². The van der Waals surface area contributed by atoms with E-state index in [1.54, 1.807) is 7.11 Å². The Kier molecular flexibility index (Phi) is 6.94. The van der Waals surface area contributed by atoms with E-state index in [2.05, 4.69) is 5.32 Å². The summed E-state index contributed by atoms with van der Waals surface area (Å²) in [5.74, 6) is 1.51. The summed E-state index contributed by atoms with van der Waals surface area (Å²) >= 11 is 6.09. The molecule has 0 bridgehead atoms. The van der Waals surface area contributed by atoms with Gasteiger partial charge in [-0.15, -0.1) is 0 Å². The van der Waals surface area contributed by atoms with E-state index < -0.39 is 0 Å². The van der Waals surface area contributed by atoms with Gasteiger partial charge in [-0.1, -0.05) is 29.8 Å². The zero-order valence-corrected chi connectivity index (χ0v) is 14.7. The van der Waals surface area contributed by atoms with Crippen molar-refractivity contribution in [2.45, 2.75) is 25.8 Å². The van der Waals surface area contributed by atoms with Gasteiger partial charge >= 0.3 is 0 Å². The van der Waals surface area contributed by atoms with E-state index >= 15 is 0 Å². The molecular formula is C19H22ClNO3. The van der Waals surface area contributed by atoms with Crippen LogP contribution in [0.15, 0.2) is 48.5 Å². The van der Waals surface area contributed by atoms with Crippen LogP contribution in [0.5, 0.6) is 11.5 Å². The van der Waals surface area contributed by atoms with E-state index in [0.29, 0.717) is 24.5 Å². The van der Waals surface area contributed by atoms with Crippen LogP contribution in [-0.4, -0.2) is 25.7 Å². The van der Waals surface area contributed by atoms with Crippen molar-refractivity contribution in [1.29, 1.82) is 0 Å². The van der Waals surface area contributed by atoms with Gasteiger partial charge in [0, 0.05) is 11.4 Å². The van der Waals surface area contributed by atoms with Gasteiger partial charge in [-0.25, -0.2) is 0 Å². The second kappa shape index (κ2) is 9.18. The maximum Gasteiger partial charge on any atom is 0.220 e. The third kappa shape index (κ3) is 5.78. The van der Waals surface area contributed by atoms with Crippen LogP contribution in [-0.2, 0) is 11.2 Å². The molecule has 5 heteroatoms. The molecular weight excluding hydrogens is 326 g/mol. The summed E-state index contributed by atoms with van der Waals surface area (Å²) in [5, 5.41) is 3.63. The summed E-state index contributed by atoms with van der Waals surface area (Å²) in [4.78, 5) is 12.0. The number of hydrogen-bond donors (Lipinski definition) is 1. The van der Waals surface area contributed by atoms with Crippen LogP contribution in [0.3, 0.4) is 0 Å². The molecule has 0 saturated carbocycles. The molecule has 4 nitrogen and oxygen atoms in total. The first-order valence-electron chi connectivity index (χ1n) is 7.88. The fourth-order valence-electron chi connectivity index (χ4n) is 2.23. The molecule has 1 N–H and O–H groups in total. The summed E-state index contributed by atoms with van der Waals surface area (Å²) in [6, 6.07) is 14.8. The Hall–Kier alpha value is -2.20. The van der Waals surface area contributed by atoms with Gasteiger partial charge < -0.3 is 14.8 Å². The molecule has 2 rings (SSSR count). The van der Waals surface area contributed by atoms with E-state index in [4.69, 9.17) is 21.1 Å². The number of carbonyl (C=O) groups excluding carboxylic acids is 1. The number of ether oxygens (including phenoxy) is 2. The summed E-state index contributed by atoms with van der Waals surface area (Å²) in [6.45, 7) is 2.32. The molecule has 0 radical (unpaired) electrons. The second-order valence-electron chi connectivity index (χ2n) is 5.55. The van der Waals surface area contributed by atoms with Crippen LogP contribution in [0.2, 0.25) is 5.02 Å². The number of nitrogens with one attached hydrogen (secondary N) is 1. The Labute approximate surface area is 147 Å². The van der Waals surface area contributed by atoms with Crippen molar-refractivity contribution in [2.75, 3.05) is 13.7 Å². The van der Waals surface area contributed by atoms with E-state index in [9.17, 15) is 4.79 Å². The molecule has 0 unspecified atom stereocenters. The third-order valence-electron chi connectivity index (χ3n) is 3.55. The van der Waals surface area contributed by atoms with Gasteiger partial charge in [-0.3, -0.25) is 4.79 Å². The fraction of sp³-hybridized carbons (Fsp3) is 0.316. The molecule has 0 spiro atoms. The molecule has 0 aromatic heterocycles. The summed E-state index contributed by atoms with van der Waals surface area (Å²) in [6.07, 6.45) is 1.02. The maximum atomic E-state index is 12.0. The third-order valence-corrected chi connectivity index (χ3v) is 3.91. The summed E-state index contributed by atoms with van der Waals surface area (Å²) in [5.41, 5.74) is 0.983. The number of carbonyl (C=O) groups is 1. The van der Waals surface area contributed by atoms with Crippen molar-refractivity contribution >= 4 is 17.5 Å². The summed E-state index contributed by atoms with van der Waals surface area (Å²) in [7, 11) is 1.62. The Balaban J connectivity index is 1.72. The topological polar surface area (TPSA) is 47.6 Å². The van der Waals surface area contributed by atoms with Crippen LogP contribution in [0.1, 0.15) is 18.9 Å². The standard InChI is InChI=1S/C19H22ClNO3/c1-14(13-24-17-10-8-16(23-2)9-11-17)21-19(22)12-7-15-5-3-4-6-18(15)20/h3-6,8-11,14H,7,12-13H2,1-2H3,(H,21,22)/t14-/m0/s1. The van der Waals surface area contributed by atoms with Crippen LogP contribution < -0.4 is 14.8 Å². The highest BCUT2D eigenvalue weighted by atomic mass is 35.5. The molecule has 1 amide bonds. The Morgan fingerprint density at radius 3 is 2.46 bits per heavy atom. The SMILES string of the molecule is COc1ccc(OC[C@H](C)NC(=O)CCc2ccccc2Cl)cc1. The lowest BCUT2D eigenvalue weighted by Gasteiger charge is -2.15. The van der Waals surface area contributed by atoms with Gasteiger partial charge in [0.15, 0.2) is 0 Å². The predicted octanol–water partition coefficient (Wildman–Crippen LogP) is 3.86. The molecule has 2 aromatic rings.